The molecule has 0 aromatic carbocycles. The topological polar surface area (TPSA) is 75.4 Å². The summed E-state index contributed by atoms with van der Waals surface area (Å²) in [5, 5.41) is 1.30. The average molecular weight is 185 g/mol. The highest BCUT2D eigenvalue weighted by Crippen LogP contribution is 2.16. The van der Waals surface area contributed by atoms with Gasteiger partial charge in [0.1, 0.15) is 6.54 Å². The first-order valence-corrected chi connectivity index (χ1v) is 4.35. The summed E-state index contributed by atoms with van der Waals surface area (Å²) in [5.41, 5.74) is 7.86. The molecular formula is C8H15N3O2. The van der Waals surface area contributed by atoms with Crippen LogP contribution >= 0.6 is 0 Å². The Bertz CT molecular complexity index is 229. The third kappa shape index (κ3) is 2.18. The van der Waals surface area contributed by atoms with Crippen molar-refractivity contribution < 1.29 is 9.59 Å². The molecular weight excluding hydrogens is 170 g/mol. The van der Waals surface area contributed by atoms with Crippen LogP contribution in [-0.4, -0.2) is 29.9 Å². The van der Waals surface area contributed by atoms with Crippen LogP contribution in [0.2, 0.25) is 0 Å². The summed E-state index contributed by atoms with van der Waals surface area (Å²) in [6.07, 6.45) is 0. The summed E-state index contributed by atoms with van der Waals surface area (Å²) in [4.78, 5) is 22.1. The van der Waals surface area contributed by atoms with Crippen molar-refractivity contribution in [2.24, 2.45) is 17.6 Å². The van der Waals surface area contributed by atoms with Gasteiger partial charge in [-0.2, -0.15) is 0 Å². The molecule has 1 saturated heterocycles. The Kier molecular flexibility index (Phi) is 2.87. The largest absolute Gasteiger partial charge is 0.368 e. The van der Waals surface area contributed by atoms with Crippen molar-refractivity contribution in [3.8, 4) is 0 Å². The van der Waals surface area contributed by atoms with Gasteiger partial charge >= 0.3 is 0 Å². The molecule has 1 rings (SSSR count). The van der Waals surface area contributed by atoms with Crippen LogP contribution in [0.1, 0.15) is 13.8 Å². The summed E-state index contributed by atoms with van der Waals surface area (Å²) in [5.74, 6) is -0.294. The molecule has 0 aliphatic carbocycles. The number of carbonyl (C=O) groups excluding carboxylic acids is 2. The zero-order valence-corrected chi connectivity index (χ0v) is 7.91. The van der Waals surface area contributed by atoms with Gasteiger partial charge in [-0.15, -0.1) is 0 Å². The highest BCUT2D eigenvalue weighted by atomic mass is 16.2. The summed E-state index contributed by atoms with van der Waals surface area (Å²) in [6.45, 7) is 4.52. The van der Waals surface area contributed by atoms with Gasteiger partial charge in [-0.3, -0.25) is 14.6 Å². The third-order valence-electron chi connectivity index (χ3n) is 2.43. The van der Waals surface area contributed by atoms with E-state index < -0.39 is 5.91 Å². The van der Waals surface area contributed by atoms with Crippen LogP contribution in [0.15, 0.2) is 0 Å². The first-order valence-electron chi connectivity index (χ1n) is 4.35. The van der Waals surface area contributed by atoms with Crippen LogP contribution in [0.3, 0.4) is 0 Å². The molecule has 0 aromatic heterocycles. The molecule has 5 nitrogen and oxygen atoms in total. The lowest BCUT2D eigenvalue weighted by atomic mass is 9.93. The Morgan fingerprint density at radius 1 is 1.69 bits per heavy atom. The second-order valence-corrected chi connectivity index (χ2v) is 3.52. The second kappa shape index (κ2) is 3.74. The molecule has 5 heteroatoms. The summed E-state index contributed by atoms with van der Waals surface area (Å²) >= 11 is 0. The van der Waals surface area contributed by atoms with Crippen molar-refractivity contribution in [2.75, 3.05) is 13.1 Å². The van der Waals surface area contributed by atoms with E-state index >= 15 is 0 Å². The maximum atomic E-state index is 11.5. The fourth-order valence-corrected chi connectivity index (χ4v) is 1.29. The molecule has 0 saturated carbocycles. The molecule has 0 bridgehead atoms. The normalized spacial score (nSPS) is 29.1. The van der Waals surface area contributed by atoms with E-state index in [4.69, 9.17) is 5.73 Å². The van der Waals surface area contributed by atoms with Crippen molar-refractivity contribution in [1.29, 1.82) is 0 Å². The smallest absolute Gasteiger partial charge is 0.240 e. The minimum absolute atomic E-state index is 0.0411. The predicted octanol–water partition coefficient (Wildman–Crippen LogP) is -0.909. The number of hydrazine groups is 1. The molecule has 2 amide bonds. The maximum Gasteiger partial charge on any atom is 0.240 e. The average Bonchev–Trinajstić information content (AvgIpc) is 2.06. The highest BCUT2D eigenvalue weighted by Gasteiger charge is 2.30. The lowest BCUT2D eigenvalue weighted by molar-refractivity contribution is -0.147. The van der Waals surface area contributed by atoms with Crippen LogP contribution in [-0.2, 0) is 9.59 Å². The lowest BCUT2D eigenvalue weighted by Crippen LogP contribution is -2.56. The molecule has 1 fully saturated rings. The Hall–Kier alpha value is -1.10. The van der Waals surface area contributed by atoms with Gasteiger partial charge in [0.15, 0.2) is 0 Å². The summed E-state index contributed by atoms with van der Waals surface area (Å²) < 4.78 is 0. The number of nitrogens with zero attached hydrogens (tertiary/aromatic N) is 1. The third-order valence-corrected chi connectivity index (χ3v) is 2.43. The maximum absolute atomic E-state index is 11.5. The van der Waals surface area contributed by atoms with Gasteiger partial charge in [0.05, 0.1) is 0 Å². The highest BCUT2D eigenvalue weighted by molar-refractivity contribution is 5.85. The van der Waals surface area contributed by atoms with Gasteiger partial charge in [0, 0.05) is 12.5 Å². The fraction of sp³-hybridized carbons (Fsp3) is 0.750. The van der Waals surface area contributed by atoms with Crippen LogP contribution in [0.4, 0.5) is 0 Å². The molecule has 0 radical (unpaired) electrons. The van der Waals surface area contributed by atoms with Gasteiger partial charge in [-0.25, -0.2) is 5.43 Å². The molecule has 1 aliphatic rings. The molecule has 3 N–H and O–H groups in total. The van der Waals surface area contributed by atoms with Gasteiger partial charge in [-0.1, -0.05) is 13.8 Å². The van der Waals surface area contributed by atoms with Crippen LogP contribution in [0.5, 0.6) is 0 Å². The van der Waals surface area contributed by atoms with Gasteiger partial charge < -0.3 is 5.73 Å². The second-order valence-electron chi connectivity index (χ2n) is 3.52. The van der Waals surface area contributed by atoms with Crippen LogP contribution < -0.4 is 11.2 Å². The Balaban J connectivity index is 2.59. The number of primary amides is 1. The first kappa shape index (κ1) is 9.98. The van der Waals surface area contributed by atoms with E-state index in [1.165, 1.54) is 5.01 Å². The van der Waals surface area contributed by atoms with E-state index in [0.717, 1.165) is 0 Å². The van der Waals surface area contributed by atoms with Gasteiger partial charge in [0.25, 0.3) is 0 Å². The molecule has 1 heterocycles. The number of nitrogens with two attached hydrogens (primary N) is 1. The van der Waals surface area contributed by atoms with Gasteiger partial charge in [0.2, 0.25) is 11.8 Å². The molecule has 2 unspecified atom stereocenters. The van der Waals surface area contributed by atoms with Crippen LogP contribution in [0, 0.1) is 11.8 Å². The number of amides is 2. The molecule has 0 aromatic rings. The Morgan fingerprint density at radius 2 is 2.31 bits per heavy atom. The first-order chi connectivity index (χ1) is 6.02. The van der Waals surface area contributed by atoms with Gasteiger partial charge in [-0.05, 0) is 5.92 Å². The van der Waals surface area contributed by atoms with Crippen molar-refractivity contribution in [3.05, 3.63) is 0 Å². The monoisotopic (exact) mass is 185 g/mol. The number of carbonyl (C=O) groups is 2. The lowest BCUT2D eigenvalue weighted by Gasteiger charge is -2.34. The van der Waals surface area contributed by atoms with E-state index in [1.54, 1.807) is 0 Å². The van der Waals surface area contributed by atoms with E-state index in [1.807, 2.05) is 13.8 Å². The summed E-state index contributed by atoms with van der Waals surface area (Å²) in [6, 6.07) is 0. The van der Waals surface area contributed by atoms with E-state index in [-0.39, 0.29) is 18.4 Å². The van der Waals surface area contributed by atoms with E-state index in [0.29, 0.717) is 12.5 Å². The fourth-order valence-electron chi connectivity index (χ4n) is 1.29. The Labute approximate surface area is 77.2 Å². The molecule has 2 atom stereocenters. The van der Waals surface area contributed by atoms with E-state index in [9.17, 15) is 9.59 Å². The zero-order valence-electron chi connectivity index (χ0n) is 7.91. The predicted molar refractivity (Wildman–Crippen MR) is 47.2 cm³/mol. The quantitative estimate of drug-likeness (QED) is 0.585. The number of hydrogen-bond acceptors (Lipinski definition) is 3. The number of hydrogen-bond donors (Lipinski definition) is 2. The molecule has 13 heavy (non-hydrogen) atoms. The number of nitrogens with one attached hydrogen (secondary N) is 1. The zero-order chi connectivity index (χ0) is 10.0. The standard InChI is InChI=1S/C8H15N3O2/c1-5-3-10-11(4-7(9)12)8(13)6(5)2/h5-6,10H,3-4H2,1-2H3,(H2,9,12). The molecule has 0 spiro atoms. The van der Waals surface area contributed by atoms with Crippen molar-refractivity contribution in [1.82, 2.24) is 10.4 Å². The van der Waals surface area contributed by atoms with Crippen molar-refractivity contribution in [3.63, 3.8) is 0 Å². The SMILES string of the molecule is CC1CNN(CC(N)=O)C(=O)C1C. The molecule has 74 valence electrons. The van der Waals surface area contributed by atoms with Crippen LogP contribution in [0.25, 0.3) is 0 Å². The Morgan fingerprint density at radius 3 is 2.85 bits per heavy atom. The summed E-state index contributed by atoms with van der Waals surface area (Å²) in [7, 11) is 0. The van der Waals surface area contributed by atoms with Crippen molar-refractivity contribution >= 4 is 11.8 Å². The van der Waals surface area contributed by atoms with E-state index in [2.05, 4.69) is 5.43 Å². The minimum atomic E-state index is -0.498. The molecule has 1 aliphatic heterocycles. The van der Waals surface area contributed by atoms with Crippen molar-refractivity contribution in [2.45, 2.75) is 13.8 Å². The minimum Gasteiger partial charge on any atom is -0.368 e. The number of rotatable bonds is 2.